The highest BCUT2D eigenvalue weighted by atomic mass is 32.1. The summed E-state index contributed by atoms with van der Waals surface area (Å²) in [4.78, 5) is 0. The zero-order chi connectivity index (χ0) is 12.6. The summed E-state index contributed by atoms with van der Waals surface area (Å²) in [5.41, 5.74) is 10.2. The van der Waals surface area contributed by atoms with Crippen LogP contribution in [-0.4, -0.2) is 14.2 Å². The number of nitrogens with two attached hydrogens (primary N) is 1. The molecule has 0 saturated heterocycles. The van der Waals surface area contributed by atoms with Gasteiger partial charge >= 0.3 is 0 Å². The van der Waals surface area contributed by atoms with Crippen LogP contribution in [0.1, 0.15) is 22.5 Å². The molecular weight excluding hydrogens is 234 g/mol. The molecule has 6 heteroatoms. The van der Waals surface area contributed by atoms with Crippen molar-refractivity contribution in [3.8, 4) is 0 Å². The van der Waals surface area contributed by atoms with Crippen LogP contribution in [0.15, 0.2) is 0 Å². The highest BCUT2D eigenvalue weighted by molar-refractivity contribution is 7.10. The lowest BCUT2D eigenvalue weighted by atomic mass is 10.2. The van der Waals surface area contributed by atoms with Crippen molar-refractivity contribution in [2.24, 2.45) is 7.05 Å². The van der Waals surface area contributed by atoms with Crippen molar-refractivity contribution in [1.29, 1.82) is 0 Å². The Labute approximate surface area is 105 Å². The van der Waals surface area contributed by atoms with Crippen LogP contribution >= 0.6 is 11.5 Å². The molecule has 2 aromatic heterocycles. The Balaban J connectivity index is 2.15. The number of hydrogen-bond acceptors (Lipinski definition) is 5. The fraction of sp³-hybridized carbons (Fsp3) is 0.455. The third-order valence-electron chi connectivity index (χ3n) is 3.04. The van der Waals surface area contributed by atoms with Gasteiger partial charge in [-0.3, -0.25) is 4.68 Å². The zero-order valence-electron chi connectivity index (χ0n) is 10.5. The third-order valence-corrected chi connectivity index (χ3v) is 3.97. The van der Waals surface area contributed by atoms with Crippen LogP contribution in [0.2, 0.25) is 0 Å². The van der Waals surface area contributed by atoms with Gasteiger partial charge in [0, 0.05) is 30.4 Å². The van der Waals surface area contributed by atoms with Crippen LogP contribution in [0.5, 0.6) is 0 Å². The van der Waals surface area contributed by atoms with E-state index >= 15 is 0 Å². The minimum Gasteiger partial charge on any atom is -0.383 e. The van der Waals surface area contributed by atoms with E-state index in [0.29, 0.717) is 5.82 Å². The first kappa shape index (κ1) is 11.9. The van der Waals surface area contributed by atoms with E-state index in [9.17, 15) is 0 Å². The van der Waals surface area contributed by atoms with E-state index < -0.39 is 0 Å². The lowest BCUT2D eigenvalue weighted by Gasteiger charge is -2.05. The molecule has 5 nitrogen and oxygen atoms in total. The minimum atomic E-state index is 0.608. The first-order valence-electron chi connectivity index (χ1n) is 5.45. The van der Waals surface area contributed by atoms with Crippen molar-refractivity contribution in [2.75, 3.05) is 11.1 Å². The number of hydrogen-bond donors (Lipinski definition) is 2. The molecule has 0 saturated carbocycles. The topological polar surface area (TPSA) is 68.8 Å². The van der Waals surface area contributed by atoms with Crippen molar-refractivity contribution >= 4 is 22.4 Å². The maximum atomic E-state index is 5.72. The first-order chi connectivity index (χ1) is 8.00. The SMILES string of the molecule is Cc1nn(C)c(C)c1CNc1snc(N)c1C. The van der Waals surface area contributed by atoms with Crippen LogP contribution in [0.4, 0.5) is 10.8 Å². The molecule has 92 valence electrons. The predicted octanol–water partition coefficient (Wildman–Crippen LogP) is 2.00. The molecule has 0 atom stereocenters. The quantitative estimate of drug-likeness (QED) is 0.875. The molecule has 0 aliphatic heterocycles. The van der Waals surface area contributed by atoms with Gasteiger partial charge < -0.3 is 11.1 Å². The lowest BCUT2D eigenvalue weighted by molar-refractivity contribution is 0.730. The molecule has 0 amide bonds. The van der Waals surface area contributed by atoms with Gasteiger partial charge in [0.1, 0.15) is 10.8 Å². The summed E-state index contributed by atoms with van der Waals surface area (Å²) in [5, 5.41) is 8.79. The van der Waals surface area contributed by atoms with E-state index in [0.717, 1.165) is 22.8 Å². The summed E-state index contributed by atoms with van der Waals surface area (Å²) in [6.07, 6.45) is 0. The average Bonchev–Trinajstić information content (AvgIpc) is 2.71. The average molecular weight is 251 g/mol. The van der Waals surface area contributed by atoms with E-state index in [-0.39, 0.29) is 0 Å². The minimum absolute atomic E-state index is 0.608. The second-order valence-corrected chi connectivity index (χ2v) is 4.92. The van der Waals surface area contributed by atoms with Gasteiger partial charge in [-0.15, -0.1) is 0 Å². The Morgan fingerprint density at radius 2 is 2.06 bits per heavy atom. The van der Waals surface area contributed by atoms with Gasteiger partial charge in [0.25, 0.3) is 0 Å². The largest absolute Gasteiger partial charge is 0.383 e. The molecule has 2 heterocycles. The van der Waals surface area contributed by atoms with Gasteiger partial charge in [-0.2, -0.15) is 9.47 Å². The van der Waals surface area contributed by atoms with Crippen LogP contribution < -0.4 is 11.1 Å². The molecule has 0 aliphatic carbocycles. The molecular formula is C11H17N5S. The Morgan fingerprint density at radius 1 is 1.35 bits per heavy atom. The van der Waals surface area contributed by atoms with Gasteiger partial charge in [0.2, 0.25) is 0 Å². The molecule has 0 radical (unpaired) electrons. The van der Waals surface area contributed by atoms with Crippen LogP contribution in [0, 0.1) is 20.8 Å². The molecule has 17 heavy (non-hydrogen) atoms. The van der Waals surface area contributed by atoms with Crippen LogP contribution in [0.25, 0.3) is 0 Å². The fourth-order valence-corrected chi connectivity index (χ4v) is 2.46. The van der Waals surface area contributed by atoms with Crippen molar-refractivity contribution in [1.82, 2.24) is 14.2 Å². The Bertz CT molecular complexity index is 540. The molecule has 0 spiro atoms. The monoisotopic (exact) mass is 251 g/mol. The maximum Gasteiger partial charge on any atom is 0.142 e. The smallest absolute Gasteiger partial charge is 0.142 e. The number of aryl methyl sites for hydroxylation is 2. The molecule has 0 fully saturated rings. The van der Waals surface area contributed by atoms with Crippen LogP contribution in [0.3, 0.4) is 0 Å². The first-order valence-corrected chi connectivity index (χ1v) is 6.22. The summed E-state index contributed by atoms with van der Waals surface area (Å²) in [6, 6.07) is 0. The molecule has 0 aromatic carbocycles. The van der Waals surface area contributed by atoms with Gasteiger partial charge in [-0.25, -0.2) is 0 Å². The van der Waals surface area contributed by atoms with E-state index in [4.69, 9.17) is 5.73 Å². The number of nitrogens with one attached hydrogen (secondary N) is 1. The molecule has 3 N–H and O–H groups in total. The summed E-state index contributed by atoms with van der Waals surface area (Å²) >= 11 is 1.40. The summed E-state index contributed by atoms with van der Waals surface area (Å²) in [5.74, 6) is 0.608. The number of aromatic nitrogens is 3. The summed E-state index contributed by atoms with van der Waals surface area (Å²) < 4.78 is 6.02. The summed E-state index contributed by atoms with van der Waals surface area (Å²) in [6.45, 7) is 6.83. The second-order valence-electron chi connectivity index (χ2n) is 4.15. The maximum absolute atomic E-state index is 5.72. The summed E-state index contributed by atoms with van der Waals surface area (Å²) in [7, 11) is 1.96. The van der Waals surface area contributed by atoms with E-state index in [1.807, 2.05) is 25.6 Å². The van der Waals surface area contributed by atoms with Gasteiger partial charge in [-0.1, -0.05) is 0 Å². The van der Waals surface area contributed by atoms with Gasteiger partial charge in [0.15, 0.2) is 0 Å². The Hall–Kier alpha value is -1.56. The number of nitrogens with zero attached hydrogens (tertiary/aromatic N) is 3. The van der Waals surface area contributed by atoms with Gasteiger partial charge in [-0.05, 0) is 32.3 Å². The third kappa shape index (κ3) is 2.12. The van der Waals surface area contributed by atoms with E-state index in [1.54, 1.807) is 0 Å². The zero-order valence-corrected chi connectivity index (χ0v) is 11.4. The van der Waals surface area contributed by atoms with Crippen molar-refractivity contribution in [3.05, 3.63) is 22.5 Å². The lowest BCUT2D eigenvalue weighted by Crippen LogP contribution is -2.02. The molecule has 2 rings (SSSR count). The standard InChI is InChI=1S/C11H17N5S/c1-6-10(12)15-17-11(6)13-5-9-7(2)14-16(4)8(9)3/h13H,5H2,1-4H3,(H2,12,15). The number of anilines is 2. The normalized spacial score (nSPS) is 10.8. The molecule has 2 aromatic rings. The Morgan fingerprint density at radius 3 is 2.53 bits per heavy atom. The van der Waals surface area contributed by atoms with E-state index in [2.05, 4.69) is 21.7 Å². The fourth-order valence-electron chi connectivity index (χ4n) is 1.75. The van der Waals surface area contributed by atoms with Crippen molar-refractivity contribution in [2.45, 2.75) is 27.3 Å². The highest BCUT2D eigenvalue weighted by Gasteiger charge is 2.11. The number of nitrogen functional groups attached to an aromatic ring is 1. The molecule has 0 unspecified atom stereocenters. The Kier molecular flexibility index (Phi) is 3.06. The second kappa shape index (κ2) is 4.37. The van der Waals surface area contributed by atoms with Gasteiger partial charge in [0.05, 0.1) is 5.69 Å². The van der Waals surface area contributed by atoms with Crippen molar-refractivity contribution < 1.29 is 0 Å². The molecule has 0 aliphatic rings. The molecule has 0 bridgehead atoms. The predicted molar refractivity (Wildman–Crippen MR) is 71.3 cm³/mol. The highest BCUT2D eigenvalue weighted by Crippen LogP contribution is 2.26. The van der Waals surface area contributed by atoms with Crippen molar-refractivity contribution in [3.63, 3.8) is 0 Å². The van der Waals surface area contributed by atoms with Crippen LogP contribution in [-0.2, 0) is 13.6 Å². The van der Waals surface area contributed by atoms with E-state index in [1.165, 1.54) is 22.8 Å². The number of rotatable bonds is 3.